The lowest BCUT2D eigenvalue weighted by atomic mass is 10.0. The highest BCUT2D eigenvalue weighted by Gasteiger charge is 2.13. The lowest BCUT2D eigenvalue weighted by Crippen LogP contribution is -2.03. The molecule has 0 amide bonds. The summed E-state index contributed by atoms with van der Waals surface area (Å²) in [6.45, 7) is 3.52. The Hall–Kier alpha value is -1.02. The summed E-state index contributed by atoms with van der Waals surface area (Å²) in [5, 5.41) is -0.580. The third-order valence-electron chi connectivity index (χ3n) is 2.10. The molecular formula is C11H14ClNO. The van der Waals surface area contributed by atoms with Gasteiger partial charge in [-0.1, -0.05) is 13.0 Å². The molecule has 0 saturated heterocycles. The third-order valence-corrected chi connectivity index (χ3v) is 2.65. The Morgan fingerprint density at radius 3 is 2.64 bits per heavy atom. The first-order chi connectivity index (χ1) is 6.54. The molecule has 3 heteroatoms. The molecule has 0 fully saturated rings. The van der Waals surface area contributed by atoms with Gasteiger partial charge in [-0.2, -0.15) is 0 Å². The number of benzene rings is 1. The summed E-state index contributed by atoms with van der Waals surface area (Å²) in [5.41, 5.74) is 8.25. The van der Waals surface area contributed by atoms with Crippen molar-refractivity contribution in [2.24, 2.45) is 0 Å². The Kier molecular flexibility index (Phi) is 3.53. The number of nitrogen functional groups attached to an aromatic ring is 1. The van der Waals surface area contributed by atoms with E-state index in [1.165, 1.54) is 6.92 Å². The number of Topliss-reactive ketones (excluding diaryl/α,β-unsaturated/α-hetero) is 1. The smallest absolute Gasteiger partial charge is 0.152 e. The van der Waals surface area contributed by atoms with Gasteiger partial charge in [-0.25, -0.2) is 0 Å². The molecule has 1 atom stereocenters. The molecule has 0 aromatic heterocycles. The third kappa shape index (κ3) is 2.48. The molecule has 2 N–H and O–H groups in total. The molecule has 2 nitrogen and oxygen atoms in total. The summed E-state index contributed by atoms with van der Waals surface area (Å²) in [4.78, 5) is 11.1. The van der Waals surface area contributed by atoms with E-state index in [0.29, 0.717) is 5.69 Å². The SMILES string of the molecule is CCc1cc(N)cc(C(Cl)C(C)=O)c1. The van der Waals surface area contributed by atoms with Crippen LogP contribution in [-0.4, -0.2) is 5.78 Å². The fraction of sp³-hybridized carbons (Fsp3) is 0.364. The summed E-state index contributed by atoms with van der Waals surface area (Å²) >= 11 is 5.94. The van der Waals surface area contributed by atoms with E-state index in [-0.39, 0.29) is 5.78 Å². The molecule has 1 aromatic rings. The molecule has 0 aliphatic heterocycles. The van der Waals surface area contributed by atoms with E-state index in [1.807, 2.05) is 19.1 Å². The van der Waals surface area contributed by atoms with Gasteiger partial charge in [0.1, 0.15) is 5.38 Å². The van der Waals surface area contributed by atoms with Gasteiger partial charge in [0.25, 0.3) is 0 Å². The number of alkyl halides is 1. The standard InChI is InChI=1S/C11H14ClNO/c1-3-8-4-9(6-10(13)5-8)11(12)7(2)14/h4-6,11H,3,13H2,1-2H3. The van der Waals surface area contributed by atoms with Crippen LogP contribution < -0.4 is 5.73 Å². The van der Waals surface area contributed by atoms with Crippen molar-refractivity contribution in [1.29, 1.82) is 0 Å². The maximum Gasteiger partial charge on any atom is 0.152 e. The highest BCUT2D eigenvalue weighted by atomic mass is 35.5. The van der Waals surface area contributed by atoms with Gasteiger partial charge >= 0.3 is 0 Å². The minimum absolute atomic E-state index is 0.0562. The molecule has 1 aromatic carbocycles. The Labute approximate surface area is 89.1 Å². The van der Waals surface area contributed by atoms with E-state index in [2.05, 4.69) is 0 Å². The zero-order valence-corrected chi connectivity index (χ0v) is 9.14. The molecule has 0 radical (unpaired) electrons. The Balaban J connectivity index is 3.08. The summed E-state index contributed by atoms with van der Waals surface area (Å²) in [5.74, 6) is -0.0562. The van der Waals surface area contributed by atoms with Crippen LogP contribution in [0.1, 0.15) is 30.4 Å². The summed E-state index contributed by atoms with van der Waals surface area (Å²) in [6, 6.07) is 5.57. The molecule has 1 unspecified atom stereocenters. The van der Waals surface area contributed by atoms with Crippen LogP contribution in [0.15, 0.2) is 18.2 Å². The zero-order chi connectivity index (χ0) is 10.7. The molecule has 1 rings (SSSR count). The molecule has 0 saturated carbocycles. The van der Waals surface area contributed by atoms with E-state index in [9.17, 15) is 4.79 Å². The summed E-state index contributed by atoms with van der Waals surface area (Å²) in [6.07, 6.45) is 0.888. The second kappa shape index (κ2) is 4.47. The van der Waals surface area contributed by atoms with Crippen molar-refractivity contribution in [1.82, 2.24) is 0 Å². The highest BCUT2D eigenvalue weighted by molar-refractivity contribution is 6.30. The van der Waals surface area contributed by atoms with E-state index >= 15 is 0 Å². The largest absolute Gasteiger partial charge is 0.399 e. The van der Waals surface area contributed by atoms with E-state index in [4.69, 9.17) is 17.3 Å². The molecule has 76 valence electrons. The first-order valence-electron chi connectivity index (χ1n) is 4.58. The summed E-state index contributed by atoms with van der Waals surface area (Å²) in [7, 11) is 0. The van der Waals surface area contributed by atoms with Crippen molar-refractivity contribution < 1.29 is 4.79 Å². The molecule has 0 heterocycles. The van der Waals surface area contributed by atoms with Gasteiger partial charge < -0.3 is 5.73 Å². The maximum atomic E-state index is 11.1. The van der Waals surface area contributed by atoms with Crippen LogP contribution in [0.3, 0.4) is 0 Å². The Bertz CT molecular complexity index is 349. The predicted octanol–water partition coefficient (Wildman–Crippen LogP) is 2.70. The van der Waals surface area contributed by atoms with E-state index in [0.717, 1.165) is 17.5 Å². The Morgan fingerprint density at radius 1 is 1.50 bits per heavy atom. The van der Waals surface area contributed by atoms with Gasteiger partial charge in [-0.3, -0.25) is 4.79 Å². The second-order valence-electron chi connectivity index (χ2n) is 3.33. The van der Waals surface area contributed by atoms with Crippen LogP contribution in [0.4, 0.5) is 5.69 Å². The fourth-order valence-corrected chi connectivity index (χ4v) is 1.46. The fourth-order valence-electron chi connectivity index (χ4n) is 1.33. The average Bonchev–Trinajstić information content (AvgIpc) is 2.15. The van der Waals surface area contributed by atoms with Gasteiger partial charge in [-0.15, -0.1) is 11.6 Å². The van der Waals surface area contributed by atoms with Crippen molar-refractivity contribution in [2.75, 3.05) is 5.73 Å². The van der Waals surface area contributed by atoms with Crippen LogP contribution in [0.2, 0.25) is 0 Å². The van der Waals surface area contributed by atoms with Crippen molar-refractivity contribution in [3.8, 4) is 0 Å². The number of hydrogen-bond acceptors (Lipinski definition) is 2. The van der Waals surface area contributed by atoms with Gasteiger partial charge in [0, 0.05) is 5.69 Å². The highest BCUT2D eigenvalue weighted by Crippen LogP contribution is 2.24. The number of carbonyl (C=O) groups excluding carboxylic acids is 1. The van der Waals surface area contributed by atoms with Crippen LogP contribution in [0.25, 0.3) is 0 Å². The lowest BCUT2D eigenvalue weighted by molar-refractivity contribution is -0.116. The molecule has 0 spiro atoms. The number of hydrogen-bond donors (Lipinski definition) is 1. The van der Waals surface area contributed by atoms with Gasteiger partial charge in [0.05, 0.1) is 0 Å². The number of anilines is 1. The number of carbonyl (C=O) groups is 1. The van der Waals surface area contributed by atoms with Crippen LogP contribution >= 0.6 is 11.6 Å². The van der Waals surface area contributed by atoms with Crippen molar-refractivity contribution in [3.63, 3.8) is 0 Å². The molecule has 14 heavy (non-hydrogen) atoms. The lowest BCUT2D eigenvalue weighted by Gasteiger charge is -2.09. The Morgan fingerprint density at radius 2 is 2.14 bits per heavy atom. The number of ketones is 1. The topological polar surface area (TPSA) is 43.1 Å². The first kappa shape index (κ1) is 11.1. The van der Waals surface area contributed by atoms with E-state index in [1.54, 1.807) is 6.07 Å². The van der Waals surface area contributed by atoms with Crippen molar-refractivity contribution in [2.45, 2.75) is 25.6 Å². The summed E-state index contributed by atoms with van der Waals surface area (Å²) < 4.78 is 0. The van der Waals surface area contributed by atoms with Crippen LogP contribution in [0.5, 0.6) is 0 Å². The van der Waals surface area contributed by atoms with Gasteiger partial charge in [-0.05, 0) is 36.6 Å². The minimum Gasteiger partial charge on any atom is -0.399 e. The van der Waals surface area contributed by atoms with Crippen LogP contribution in [-0.2, 0) is 11.2 Å². The first-order valence-corrected chi connectivity index (χ1v) is 5.02. The molecule has 0 aliphatic carbocycles. The van der Waals surface area contributed by atoms with Crippen molar-refractivity contribution >= 4 is 23.1 Å². The van der Waals surface area contributed by atoms with Crippen LogP contribution in [0, 0.1) is 0 Å². The maximum absolute atomic E-state index is 11.1. The molecular weight excluding hydrogens is 198 g/mol. The molecule has 0 aliphatic rings. The normalized spacial score (nSPS) is 12.5. The van der Waals surface area contributed by atoms with E-state index < -0.39 is 5.38 Å². The van der Waals surface area contributed by atoms with Gasteiger partial charge in [0.2, 0.25) is 0 Å². The number of halogens is 1. The molecule has 0 bridgehead atoms. The second-order valence-corrected chi connectivity index (χ2v) is 3.77. The number of rotatable bonds is 3. The predicted molar refractivity (Wildman–Crippen MR) is 59.5 cm³/mol. The number of nitrogens with two attached hydrogens (primary N) is 1. The monoisotopic (exact) mass is 211 g/mol. The zero-order valence-electron chi connectivity index (χ0n) is 8.38. The quantitative estimate of drug-likeness (QED) is 0.617. The number of aryl methyl sites for hydroxylation is 1. The van der Waals surface area contributed by atoms with Crippen molar-refractivity contribution in [3.05, 3.63) is 29.3 Å². The van der Waals surface area contributed by atoms with Gasteiger partial charge in [0.15, 0.2) is 5.78 Å². The minimum atomic E-state index is -0.580. The average molecular weight is 212 g/mol.